The summed E-state index contributed by atoms with van der Waals surface area (Å²) in [7, 11) is 0. The molecule has 1 atom stereocenters. The van der Waals surface area contributed by atoms with Gasteiger partial charge in [0.2, 0.25) is 0 Å². The summed E-state index contributed by atoms with van der Waals surface area (Å²) in [5.74, 6) is 0.819. The van der Waals surface area contributed by atoms with E-state index >= 15 is 0 Å². The monoisotopic (exact) mass is 353 g/mol. The van der Waals surface area contributed by atoms with Crippen LogP contribution < -0.4 is 5.32 Å². The van der Waals surface area contributed by atoms with Gasteiger partial charge in [0.25, 0.3) is 0 Å². The molecule has 0 radical (unpaired) electrons. The number of thiophene rings is 1. The van der Waals surface area contributed by atoms with Crippen LogP contribution in [0.4, 0.5) is 5.82 Å². The Balaban J connectivity index is 1.80. The third-order valence-corrected chi connectivity index (χ3v) is 5.97. The summed E-state index contributed by atoms with van der Waals surface area (Å²) >= 11 is 1.65. The summed E-state index contributed by atoms with van der Waals surface area (Å²) < 4.78 is 0. The largest absolute Gasteiger partial charge is 0.394 e. The lowest BCUT2D eigenvalue weighted by molar-refractivity contribution is 0.271. The third-order valence-electron chi connectivity index (χ3n) is 5.08. The van der Waals surface area contributed by atoms with E-state index in [0.29, 0.717) is 0 Å². The lowest BCUT2D eigenvalue weighted by Gasteiger charge is -2.17. The van der Waals surface area contributed by atoms with Gasteiger partial charge in [-0.05, 0) is 48.8 Å². The molecule has 130 valence electrons. The average Bonchev–Trinajstić information content (AvgIpc) is 3.10. The van der Waals surface area contributed by atoms with Gasteiger partial charge in [0.1, 0.15) is 17.0 Å². The minimum Gasteiger partial charge on any atom is -0.394 e. The maximum absolute atomic E-state index is 9.53. The number of aliphatic hydroxyl groups is 1. The van der Waals surface area contributed by atoms with Crippen molar-refractivity contribution in [3.05, 3.63) is 41.0 Å². The minimum atomic E-state index is 0.00869. The zero-order chi connectivity index (χ0) is 17.2. The van der Waals surface area contributed by atoms with E-state index in [1.165, 1.54) is 47.9 Å². The number of aryl methyl sites for hydroxylation is 2. The van der Waals surface area contributed by atoms with Gasteiger partial charge in [-0.1, -0.05) is 25.1 Å². The van der Waals surface area contributed by atoms with Crippen molar-refractivity contribution in [2.24, 2.45) is 0 Å². The summed E-state index contributed by atoms with van der Waals surface area (Å²) in [5, 5.41) is 16.2. The average molecular weight is 353 g/mol. The normalized spacial score (nSPS) is 15.1. The molecule has 2 N–H and O–H groups in total. The molecule has 0 saturated heterocycles. The fourth-order valence-corrected chi connectivity index (χ4v) is 4.48. The molecule has 4 nitrogen and oxygen atoms in total. The first-order valence-electron chi connectivity index (χ1n) is 9.02. The molecule has 0 fully saturated rings. The van der Waals surface area contributed by atoms with Crippen molar-refractivity contribution in [2.45, 2.75) is 45.1 Å². The first kappa shape index (κ1) is 16.5. The summed E-state index contributed by atoms with van der Waals surface area (Å²) in [5.41, 5.74) is 5.40. The number of aliphatic hydroxyl groups excluding tert-OH is 1. The molecular weight excluding hydrogens is 330 g/mol. The Kier molecular flexibility index (Phi) is 4.68. The van der Waals surface area contributed by atoms with Crippen molar-refractivity contribution in [3.63, 3.8) is 0 Å². The predicted octanol–water partition coefficient (Wildman–Crippen LogP) is 4.42. The second-order valence-electron chi connectivity index (χ2n) is 6.67. The van der Waals surface area contributed by atoms with Crippen LogP contribution in [-0.4, -0.2) is 27.7 Å². The second-order valence-corrected chi connectivity index (χ2v) is 7.53. The topological polar surface area (TPSA) is 58.0 Å². The van der Waals surface area contributed by atoms with Gasteiger partial charge in [0, 0.05) is 10.9 Å². The van der Waals surface area contributed by atoms with Crippen LogP contribution in [-0.2, 0) is 12.8 Å². The minimum absolute atomic E-state index is 0.00869. The van der Waals surface area contributed by atoms with Gasteiger partial charge in [0.15, 0.2) is 0 Å². The van der Waals surface area contributed by atoms with E-state index in [4.69, 9.17) is 0 Å². The third kappa shape index (κ3) is 3.14. The van der Waals surface area contributed by atoms with Crippen molar-refractivity contribution in [1.82, 2.24) is 9.97 Å². The van der Waals surface area contributed by atoms with Gasteiger partial charge in [0.05, 0.1) is 18.0 Å². The second kappa shape index (κ2) is 7.10. The molecule has 2 aromatic heterocycles. The van der Waals surface area contributed by atoms with Gasteiger partial charge >= 0.3 is 0 Å². The van der Waals surface area contributed by atoms with E-state index in [0.717, 1.165) is 22.5 Å². The molecule has 0 saturated carbocycles. The smallest absolute Gasteiger partial charge is 0.139 e. The van der Waals surface area contributed by atoms with Gasteiger partial charge in [-0.2, -0.15) is 0 Å². The van der Waals surface area contributed by atoms with E-state index in [1.807, 2.05) is 0 Å². The molecule has 4 rings (SSSR count). The predicted molar refractivity (Wildman–Crippen MR) is 104 cm³/mol. The number of nitrogens with zero attached hydrogens (tertiary/aromatic N) is 2. The Labute approximate surface area is 152 Å². The zero-order valence-electron chi connectivity index (χ0n) is 14.5. The summed E-state index contributed by atoms with van der Waals surface area (Å²) in [4.78, 5) is 9.89. The number of fused-ring (bicyclic) bond motifs is 2. The molecule has 3 aromatic rings. The van der Waals surface area contributed by atoms with Crippen molar-refractivity contribution in [3.8, 4) is 11.1 Å². The number of hydrogen-bond acceptors (Lipinski definition) is 5. The van der Waals surface area contributed by atoms with E-state index < -0.39 is 0 Å². The van der Waals surface area contributed by atoms with Crippen LogP contribution in [0.15, 0.2) is 29.9 Å². The SMILES string of the molecule is CCC(CO)Nc1ncnc2scc(-c3ccc4c(c3)CCCC4)c12. The highest BCUT2D eigenvalue weighted by molar-refractivity contribution is 7.17. The summed E-state index contributed by atoms with van der Waals surface area (Å²) in [6.45, 7) is 2.16. The Hall–Kier alpha value is -1.98. The molecule has 0 amide bonds. The van der Waals surface area contributed by atoms with Crippen molar-refractivity contribution >= 4 is 27.4 Å². The number of anilines is 1. The molecular formula is C20H23N3OS. The highest BCUT2D eigenvalue weighted by Gasteiger charge is 2.17. The van der Waals surface area contributed by atoms with Crippen LogP contribution >= 0.6 is 11.3 Å². The maximum atomic E-state index is 9.53. The summed E-state index contributed by atoms with van der Waals surface area (Å²) in [6, 6.07) is 6.86. The number of nitrogens with one attached hydrogen (secondary N) is 1. The molecule has 1 aliphatic carbocycles. The van der Waals surface area contributed by atoms with Crippen molar-refractivity contribution in [2.75, 3.05) is 11.9 Å². The first-order chi connectivity index (χ1) is 12.3. The van der Waals surface area contributed by atoms with E-state index in [9.17, 15) is 5.11 Å². The standard InChI is InChI=1S/C20H23N3OS/c1-2-16(10-24)23-19-18-17(11-25-20(18)22-12-21-19)15-8-7-13-5-3-4-6-14(13)9-15/h7-9,11-12,16,24H,2-6,10H2,1H3,(H,21,22,23). The van der Waals surface area contributed by atoms with Crippen LogP contribution in [0, 0.1) is 0 Å². The molecule has 25 heavy (non-hydrogen) atoms. The number of benzene rings is 1. The van der Waals surface area contributed by atoms with Gasteiger partial charge < -0.3 is 10.4 Å². The molecule has 1 unspecified atom stereocenters. The summed E-state index contributed by atoms with van der Waals surface area (Å²) in [6.07, 6.45) is 7.41. The van der Waals surface area contributed by atoms with Crippen LogP contribution in [0.25, 0.3) is 21.3 Å². The lowest BCUT2D eigenvalue weighted by Crippen LogP contribution is -2.23. The first-order valence-corrected chi connectivity index (χ1v) is 9.90. The maximum Gasteiger partial charge on any atom is 0.139 e. The fraction of sp³-hybridized carbons (Fsp3) is 0.400. The molecule has 0 spiro atoms. The Morgan fingerprint density at radius 3 is 2.84 bits per heavy atom. The lowest BCUT2D eigenvalue weighted by atomic mass is 9.89. The Bertz CT molecular complexity index is 886. The number of rotatable bonds is 5. The molecule has 1 aromatic carbocycles. The van der Waals surface area contributed by atoms with E-state index in [1.54, 1.807) is 17.7 Å². The quantitative estimate of drug-likeness (QED) is 0.713. The molecule has 2 heterocycles. The van der Waals surface area contributed by atoms with Crippen molar-refractivity contribution in [1.29, 1.82) is 0 Å². The highest BCUT2D eigenvalue weighted by Crippen LogP contribution is 2.38. The number of aromatic nitrogens is 2. The van der Waals surface area contributed by atoms with E-state index in [-0.39, 0.29) is 12.6 Å². The molecule has 1 aliphatic rings. The van der Waals surface area contributed by atoms with Gasteiger partial charge in [-0.25, -0.2) is 9.97 Å². The highest BCUT2D eigenvalue weighted by atomic mass is 32.1. The Morgan fingerprint density at radius 2 is 2.04 bits per heavy atom. The van der Waals surface area contributed by atoms with Gasteiger partial charge in [-0.3, -0.25) is 0 Å². The van der Waals surface area contributed by atoms with Gasteiger partial charge in [-0.15, -0.1) is 11.3 Å². The van der Waals surface area contributed by atoms with Crippen LogP contribution in [0.3, 0.4) is 0 Å². The fourth-order valence-electron chi connectivity index (χ4n) is 3.57. The molecule has 5 heteroatoms. The van der Waals surface area contributed by atoms with Crippen LogP contribution in [0.2, 0.25) is 0 Å². The number of hydrogen-bond donors (Lipinski definition) is 2. The Morgan fingerprint density at radius 1 is 1.20 bits per heavy atom. The van der Waals surface area contributed by atoms with E-state index in [2.05, 4.69) is 45.8 Å². The van der Waals surface area contributed by atoms with Crippen LogP contribution in [0.5, 0.6) is 0 Å². The van der Waals surface area contributed by atoms with Crippen LogP contribution in [0.1, 0.15) is 37.3 Å². The molecule has 0 bridgehead atoms. The van der Waals surface area contributed by atoms with Crippen molar-refractivity contribution < 1.29 is 5.11 Å². The zero-order valence-corrected chi connectivity index (χ0v) is 15.3. The molecule has 0 aliphatic heterocycles.